The normalized spacial score (nSPS) is 16.6. The molecule has 1 amide bonds. The largest absolute Gasteiger partial charge is 0.367 e. The van der Waals surface area contributed by atoms with Crippen LogP contribution in [0.3, 0.4) is 0 Å². The number of anilines is 2. The Bertz CT molecular complexity index is 938. The number of nitrogens with one attached hydrogen (secondary N) is 1. The number of Topliss-reactive ketones (excluding diaryl/α,β-unsaturated/α-hetero) is 1. The van der Waals surface area contributed by atoms with Crippen molar-refractivity contribution in [1.82, 2.24) is 4.90 Å². The molecule has 0 radical (unpaired) electrons. The van der Waals surface area contributed by atoms with Crippen LogP contribution in [-0.4, -0.2) is 48.8 Å². The van der Waals surface area contributed by atoms with E-state index in [-0.39, 0.29) is 23.5 Å². The molecule has 1 fully saturated rings. The van der Waals surface area contributed by atoms with Crippen LogP contribution in [0.1, 0.15) is 56.0 Å². The molecule has 1 N–H and O–H groups in total. The molecule has 6 heteroatoms. The first-order valence-corrected chi connectivity index (χ1v) is 11.0. The van der Waals surface area contributed by atoms with Crippen molar-refractivity contribution in [2.75, 3.05) is 36.4 Å². The molecule has 2 aromatic carbocycles. The molecule has 166 valence electrons. The molecule has 1 heterocycles. The highest BCUT2D eigenvalue weighted by atomic mass is 19.1. The van der Waals surface area contributed by atoms with E-state index in [1.807, 2.05) is 30.0 Å². The maximum atomic E-state index is 14.5. The van der Waals surface area contributed by atoms with Gasteiger partial charge in [-0.1, -0.05) is 32.0 Å². The van der Waals surface area contributed by atoms with E-state index in [1.165, 1.54) is 13.0 Å². The van der Waals surface area contributed by atoms with E-state index in [0.717, 1.165) is 17.7 Å². The van der Waals surface area contributed by atoms with Crippen LogP contribution in [0, 0.1) is 5.82 Å². The summed E-state index contributed by atoms with van der Waals surface area (Å²) in [5, 5.41) is 3.11. The third kappa shape index (κ3) is 5.31. The Hall–Kier alpha value is -2.73. The summed E-state index contributed by atoms with van der Waals surface area (Å²) in [6.45, 7) is 10.2. The van der Waals surface area contributed by atoms with Crippen LogP contribution in [0.5, 0.6) is 0 Å². The van der Waals surface area contributed by atoms with Crippen LogP contribution in [0.15, 0.2) is 42.5 Å². The van der Waals surface area contributed by atoms with E-state index in [2.05, 4.69) is 30.1 Å². The van der Waals surface area contributed by atoms with Gasteiger partial charge < -0.3 is 10.2 Å². The maximum absolute atomic E-state index is 14.5. The van der Waals surface area contributed by atoms with E-state index in [0.29, 0.717) is 43.3 Å². The van der Waals surface area contributed by atoms with E-state index in [1.54, 1.807) is 12.1 Å². The number of ketones is 1. The predicted molar refractivity (Wildman–Crippen MR) is 123 cm³/mol. The van der Waals surface area contributed by atoms with Gasteiger partial charge in [-0.25, -0.2) is 4.39 Å². The van der Waals surface area contributed by atoms with Gasteiger partial charge in [0.15, 0.2) is 5.78 Å². The molecule has 3 rings (SSSR count). The number of amides is 1. The van der Waals surface area contributed by atoms with Crippen LogP contribution in [0.25, 0.3) is 0 Å². The van der Waals surface area contributed by atoms with E-state index < -0.39 is 0 Å². The fraction of sp³-hybridized carbons (Fsp3) is 0.440. The van der Waals surface area contributed by atoms with Gasteiger partial charge in [0.05, 0.1) is 11.7 Å². The minimum atomic E-state index is -0.381. The average molecular weight is 426 g/mol. The van der Waals surface area contributed by atoms with Crippen molar-refractivity contribution in [3.8, 4) is 0 Å². The smallest absolute Gasteiger partial charge is 0.241 e. The lowest BCUT2D eigenvalue weighted by atomic mass is 9.97. The van der Waals surface area contributed by atoms with Gasteiger partial charge in [-0.05, 0) is 56.0 Å². The summed E-state index contributed by atoms with van der Waals surface area (Å²) in [5.41, 5.74) is 2.91. The summed E-state index contributed by atoms with van der Waals surface area (Å²) in [4.78, 5) is 28.5. The molecule has 0 bridgehead atoms. The first kappa shape index (κ1) is 22.9. The Morgan fingerprint density at radius 2 is 1.74 bits per heavy atom. The summed E-state index contributed by atoms with van der Waals surface area (Å²) in [5.74, 6) is -0.181. The first-order chi connectivity index (χ1) is 14.8. The number of carbonyl (C=O) groups is 2. The van der Waals surface area contributed by atoms with Crippen LogP contribution in [-0.2, 0) is 4.79 Å². The number of nitrogens with zero attached hydrogens (tertiary/aromatic N) is 2. The standard InChI is InChI=1S/C25H32FN3O2/c1-5-17(2)21-8-6-7-9-23(21)27-25(31)18(3)28-12-14-29(15-13-28)24-11-10-20(19(4)30)16-22(24)26/h6-11,16-18H,5,12-15H2,1-4H3,(H,27,31). The first-order valence-electron chi connectivity index (χ1n) is 11.0. The predicted octanol–water partition coefficient (Wildman–Crippen LogP) is 4.69. The molecule has 5 nitrogen and oxygen atoms in total. The highest BCUT2D eigenvalue weighted by molar-refractivity contribution is 5.95. The molecule has 0 saturated carbocycles. The Kier molecular flexibility index (Phi) is 7.44. The molecule has 1 aliphatic heterocycles. The van der Waals surface area contributed by atoms with Gasteiger partial charge in [-0.15, -0.1) is 0 Å². The van der Waals surface area contributed by atoms with Crippen LogP contribution in [0.2, 0.25) is 0 Å². The Balaban J connectivity index is 1.61. The summed E-state index contributed by atoms with van der Waals surface area (Å²) >= 11 is 0. The van der Waals surface area contributed by atoms with E-state index in [4.69, 9.17) is 0 Å². The second-order valence-corrected chi connectivity index (χ2v) is 8.31. The lowest BCUT2D eigenvalue weighted by molar-refractivity contribution is -0.120. The summed E-state index contributed by atoms with van der Waals surface area (Å²) in [6.07, 6.45) is 1.01. The van der Waals surface area contributed by atoms with Gasteiger partial charge in [0.25, 0.3) is 0 Å². The number of halogens is 1. The lowest BCUT2D eigenvalue weighted by Crippen LogP contribution is -2.53. The molecule has 0 aromatic heterocycles. The Morgan fingerprint density at radius 1 is 1.06 bits per heavy atom. The van der Waals surface area contributed by atoms with E-state index >= 15 is 0 Å². The van der Waals surface area contributed by atoms with Gasteiger partial charge in [-0.3, -0.25) is 14.5 Å². The van der Waals surface area contributed by atoms with Gasteiger partial charge >= 0.3 is 0 Å². The quantitative estimate of drug-likeness (QED) is 0.654. The molecular formula is C25H32FN3O2. The van der Waals surface area contributed by atoms with Crippen molar-refractivity contribution < 1.29 is 14.0 Å². The lowest BCUT2D eigenvalue weighted by Gasteiger charge is -2.38. The number of benzene rings is 2. The topological polar surface area (TPSA) is 52.7 Å². The van der Waals surface area contributed by atoms with Crippen LogP contribution in [0.4, 0.5) is 15.8 Å². The number of hydrogen-bond donors (Lipinski definition) is 1. The van der Waals surface area contributed by atoms with Crippen molar-refractivity contribution >= 4 is 23.1 Å². The van der Waals surface area contributed by atoms with Crippen molar-refractivity contribution in [2.45, 2.75) is 46.1 Å². The highest BCUT2D eigenvalue weighted by Gasteiger charge is 2.27. The number of carbonyl (C=O) groups excluding carboxylic acids is 2. The molecule has 2 aromatic rings. The fourth-order valence-electron chi connectivity index (χ4n) is 4.00. The second kappa shape index (κ2) is 10.1. The number of para-hydroxylation sites is 1. The van der Waals surface area contributed by atoms with Crippen LogP contribution < -0.4 is 10.2 Å². The van der Waals surface area contributed by atoms with Crippen molar-refractivity contribution in [3.05, 3.63) is 59.4 Å². The minimum Gasteiger partial charge on any atom is -0.367 e. The number of rotatable bonds is 7. The SMILES string of the molecule is CCC(C)c1ccccc1NC(=O)C(C)N1CCN(c2ccc(C(C)=O)cc2F)CC1. The molecule has 2 unspecified atom stereocenters. The maximum Gasteiger partial charge on any atom is 0.241 e. The Labute approximate surface area is 184 Å². The molecule has 1 aliphatic rings. The molecule has 31 heavy (non-hydrogen) atoms. The van der Waals surface area contributed by atoms with Gasteiger partial charge in [-0.2, -0.15) is 0 Å². The zero-order valence-corrected chi connectivity index (χ0v) is 18.8. The monoisotopic (exact) mass is 425 g/mol. The van der Waals surface area contributed by atoms with Gasteiger partial charge in [0, 0.05) is 37.4 Å². The van der Waals surface area contributed by atoms with Crippen molar-refractivity contribution in [3.63, 3.8) is 0 Å². The van der Waals surface area contributed by atoms with Crippen molar-refractivity contribution in [1.29, 1.82) is 0 Å². The zero-order valence-electron chi connectivity index (χ0n) is 18.8. The van der Waals surface area contributed by atoms with Crippen LogP contribution >= 0.6 is 0 Å². The highest BCUT2D eigenvalue weighted by Crippen LogP contribution is 2.27. The fourth-order valence-corrected chi connectivity index (χ4v) is 4.00. The molecule has 2 atom stereocenters. The summed E-state index contributed by atoms with van der Waals surface area (Å²) in [7, 11) is 0. The van der Waals surface area contributed by atoms with Crippen molar-refractivity contribution in [2.24, 2.45) is 0 Å². The van der Waals surface area contributed by atoms with Gasteiger partial charge in [0.2, 0.25) is 5.91 Å². The third-order valence-corrected chi connectivity index (χ3v) is 6.30. The molecule has 1 saturated heterocycles. The molecule has 0 aliphatic carbocycles. The minimum absolute atomic E-state index is 0.0267. The summed E-state index contributed by atoms with van der Waals surface area (Å²) < 4.78 is 14.5. The zero-order chi connectivity index (χ0) is 22.5. The number of piperazine rings is 1. The summed E-state index contributed by atoms with van der Waals surface area (Å²) in [6, 6.07) is 12.3. The average Bonchev–Trinajstić information content (AvgIpc) is 2.78. The van der Waals surface area contributed by atoms with E-state index in [9.17, 15) is 14.0 Å². The van der Waals surface area contributed by atoms with Gasteiger partial charge in [0.1, 0.15) is 5.82 Å². The Morgan fingerprint density at radius 3 is 2.35 bits per heavy atom. The molecule has 0 spiro atoms. The third-order valence-electron chi connectivity index (χ3n) is 6.30. The second-order valence-electron chi connectivity index (χ2n) is 8.31. The molecular weight excluding hydrogens is 393 g/mol. The number of hydrogen-bond acceptors (Lipinski definition) is 4.